The number of rotatable bonds is 1. The molecule has 0 aromatic rings. The Bertz CT molecular complexity index is 177. The van der Waals surface area contributed by atoms with E-state index in [-0.39, 0.29) is 17.6 Å². The van der Waals surface area contributed by atoms with Crippen molar-refractivity contribution in [2.75, 3.05) is 0 Å². The van der Waals surface area contributed by atoms with Gasteiger partial charge in [0, 0.05) is 13.7 Å². The average Bonchev–Trinajstić information content (AvgIpc) is 2.00. The second kappa shape index (κ2) is 3.38. The molecule has 0 N–H and O–H groups in total. The highest BCUT2D eigenvalue weighted by molar-refractivity contribution is 5.82. The molecular weight excluding hydrogens is 136 g/mol. The lowest BCUT2D eigenvalue weighted by Gasteiger charge is -2.27. The molecular formula is C10H18O. The van der Waals surface area contributed by atoms with Gasteiger partial charge < -0.3 is 0 Å². The van der Waals surface area contributed by atoms with E-state index in [0.717, 1.165) is 12.8 Å². The fourth-order valence-electron chi connectivity index (χ4n) is 1.73. The van der Waals surface area contributed by atoms with Crippen LogP contribution in [0.2, 0.25) is 0 Å². The Hall–Kier alpha value is -0.330. The van der Waals surface area contributed by atoms with E-state index >= 15 is 0 Å². The van der Waals surface area contributed by atoms with E-state index in [0.29, 0.717) is 5.92 Å². The Balaban J connectivity index is 2.65. The van der Waals surface area contributed by atoms with Crippen molar-refractivity contribution < 1.29 is 6.17 Å². The Morgan fingerprint density at radius 3 is 2.73 bits per heavy atom. The van der Waals surface area contributed by atoms with E-state index in [9.17, 15) is 4.79 Å². The minimum Gasteiger partial charge on any atom is -0.299 e. The lowest BCUT2D eigenvalue weighted by Crippen LogP contribution is -2.27. The lowest BCUT2D eigenvalue weighted by atomic mass is 9.77. The minimum atomic E-state index is -0.453. The highest BCUT2D eigenvalue weighted by atomic mass is 16.1. The summed E-state index contributed by atoms with van der Waals surface area (Å²) >= 11 is 0. The standard InChI is InChI=1S/C10H18O/c1-7(2)9-5-4-8(3)6-10(9)11/h7-9H,4-6H2,1-3H3/t8-,9-/m1/s1/i6D/t6-,8-,9-. The first-order valence-corrected chi connectivity index (χ1v) is 4.50. The molecule has 1 fully saturated rings. The summed E-state index contributed by atoms with van der Waals surface area (Å²) in [6, 6.07) is 0. The molecule has 64 valence electrons. The van der Waals surface area contributed by atoms with Gasteiger partial charge in [-0.1, -0.05) is 20.8 Å². The SMILES string of the molecule is [2H][C@H]1C(=O)[C@@H](C(C)C)CC[C@H]1C. The largest absolute Gasteiger partial charge is 0.299 e. The molecule has 0 spiro atoms. The zero-order valence-corrected chi connectivity index (χ0v) is 7.63. The summed E-state index contributed by atoms with van der Waals surface area (Å²) in [5.41, 5.74) is 0. The molecule has 1 heteroatoms. The van der Waals surface area contributed by atoms with Crippen molar-refractivity contribution in [1.29, 1.82) is 0 Å². The fraction of sp³-hybridized carbons (Fsp3) is 0.900. The number of Topliss-reactive ketones (excluding diaryl/α,β-unsaturated/α-hetero) is 1. The van der Waals surface area contributed by atoms with Gasteiger partial charge in [-0.2, -0.15) is 0 Å². The van der Waals surface area contributed by atoms with Crippen LogP contribution < -0.4 is 0 Å². The maximum atomic E-state index is 11.6. The molecule has 0 radical (unpaired) electrons. The van der Waals surface area contributed by atoms with E-state index in [1.807, 2.05) is 6.92 Å². The van der Waals surface area contributed by atoms with Gasteiger partial charge in [-0.15, -0.1) is 0 Å². The molecule has 0 bridgehead atoms. The van der Waals surface area contributed by atoms with E-state index in [4.69, 9.17) is 1.37 Å². The molecule has 1 rings (SSSR count). The smallest absolute Gasteiger partial charge is 0.136 e. The van der Waals surface area contributed by atoms with Crippen LogP contribution in [0.3, 0.4) is 0 Å². The second-order valence-corrected chi connectivity index (χ2v) is 3.97. The summed E-state index contributed by atoms with van der Waals surface area (Å²) in [7, 11) is 0. The number of carbonyl (C=O) groups is 1. The maximum absolute atomic E-state index is 11.6. The minimum absolute atomic E-state index is 0.156. The molecule has 0 heterocycles. The molecule has 0 amide bonds. The van der Waals surface area contributed by atoms with Crippen LogP contribution >= 0.6 is 0 Å². The van der Waals surface area contributed by atoms with Gasteiger partial charge in [-0.25, -0.2) is 0 Å². The summed E-state index contributed by atoms with van der Waals surface area (Å²) in [5, 5.41) is 0. The molecule has 0 aromatic heterocycles. The molecule has 0 aliphatic heterocycles. The Labute approximate surface area is 70.6 Å². The van der Waals surface area contributed by atoms with Crippen LogP contribution in [0.4, 0.5) is 0 Å². The molecule has 0 saturated heterocycles. The average molecular weight is 155 g/mol. The molecule has 0 aromatic carbocycles. The zero-order chi connectivity index (χ0) is 9.30. The zero-order valence-electron chi connectivity index (χ0n) is 8.63. The number of hydrogen-bond donors (Lipinski definition) is 0. The van der Waals surface area contributed by atoms with Crippen molar-refractivity contribution in [1.82, 2.24) is 0 Å². The van der Waals surface area contributed by atoms with Gasteiger partial charge in [-0.05, 0) is 24.7 Å². The van der Waals surface area contributed by atoms with Crippen molar-refractivity contribution in [3.8, 4) is 0 Å². The summed E-state index contributed by atoms with van der Waals surface area (Å²) in [4.78, 5) is 11.6. The van der Waals surface area contributed by atoms with Gasteiger partial charge in [0.05, 0.1) is 0 Å². The normalized spacial score (nSPS) is 40.9. The number of ketones is 1. The highest BCUT2D eigenvalue weighted by Gasteiger charge is 2.27. The van der Waals surface area contributed by atoms with Gasteiger partial charge >= 0.3 is 0 Å². The third kappa shape index (κ3) is 2.05. The molecule has 1 aliphatic carbocycles. The van der Waals surface area contributed by atoms with Crippen LogP contribution in [0.1, 0.15) is 41.4 Å². The van der Waals surface area contributed by atoms with Gasteiger partial charge in [0.15, 0.2) is 0 Å². The predicted molar refractivity (Wildman–Crippen MR) is 46.4 cm³/mol. The van der Waals surface area contributed by atoms with Crippen LogP contribution in [-0.2, 0) is 4.79 Å². The number of hydrogen-bond acceptors (Lipinski definition) is 1. The molecule has 1 aliphatic rings. The van der Waals surface area contributed by atoms with Gasteiger partial charge in [0.25, 0.3) is 0 Å². The number of carbonyl (C=O) groups excluding carboxylic acids is 1. The van der Waals surface area contributed by atoms with Crippen LogP contribution in [0, 0.1) is 17.8 Å². The molecule has 1 saturated carbocycles. The van der Waals surface area contributed by atoms with Crippen molar-refractivity contribution in [3.63, 3.8) is 0 Å². The highest BCUT2D eigenvalue weighted by Crippen LogP contribution is 2.29. The first-order chi connectivity index (χ1) is 5.54. The van der Waals surface area contributed by atoms with Crippen LogP contribution in [0.15, 0.2) is 0 Å². The molecule has 3 atom stereocenters. The summed E-state index contributed by atoms with van der Waals surface area (Å²) < 4.78 is 7.66. The molecule has 11 heavy (non-hydrogen) atoms. The fourth-order valence-corrected chi connectivity index (χ4v) is 1.73. The van der Waals surface area contributed by atoms with Gasteiger partial charge in [0.2, 0.25) is 0 Å². The Morgan fingerprint density at radius 2 is 2.18 bits per heavy atom. The molecule has 1 nitrogen and oxygen atoms in total. The first kappa shape index (κ1) is 7.33. The van der Waals surface area contributed by atoms with E-state index < -0.39 is 6.40 Å². The van der Waals surface area contributed by atoms with Gasteiger partial charge in [-0.3, -0.25) is 4.79 Å². The van der Waals surface area contributed by atoms with E-state index in [2.05, 4.69) is 13.8 Å². The topological polar surface area (TPSA) is 17.1 Å². The third-order valence-electron chi connectivity index (χ3n) is 2.55. The summed E-state index contributed by atoms with van der Waals surface area (Å²) in [6.45, 7) is 6.16. The maximum Gasteiger partial charge on any atom is 0.136 e. The van der Waals surface area contributed by atoms with Crippen LogP contribution in [-0.4, -0.2) is 5.78 Å². The monoisotopic (exact) mass is 155 g/mol. The summed E-state index contributed by atoms with van der Waals surface area (Å²) in [6.07, 6.45) is 1.58. The van der Waals surface area contributed by atoms with Gasteiger partial charge in [0.1, 0.15) is 5.78 Å². The van der Waals surface area contributed by atoms with Crippen molar-refractivity contribution >= 4 is 5.78 Å². The van der Waals surface area contributed by atoms with E-state index in [1.54, 1.807) is 0 Å². The van der Waals surface area contributed by atoms with Crippen molar-refractivity contribution in [3.05, 3.63) is 0 Å². The van der Waals surface area contributed by atoms with Crippen LogP contribution in [0.5, 0.6) is 0 Å². The van der Waals surface area contributed by atoms with Crippen molar-refractivity contribution in [2.24, 2.45) is 17.8 Å². The van der Waals surface area contributed by atoms with E-state index in [1.165, 1.54) is 0 Å². The van der Waals surface area contributed by atoms with Crippen molar-refractivity contribution in [2.45, 2.75) is 40.0 Å². The lowest BCUT2D eigenvalue weighted by molar-refractivity contribution is -0.127. The second-order valence-electron chi connectivity index (χ2n) is 3.97. The van der Waals surface area contributed by atoms with Crippen LogP contribution in [0.25, 0.3) is 0 Å². The Kier molecular flexibility index (Phi) is 2.25. The predicted octanol–water partition coefficient (Wildman–Crippen LogP) is 2.65. The third-order valence-corrected chi connectivity index (χ3v) is 2.55. The molecule has 0 unspecified atom stereocenters. The Morgan fingerprint density at radius 1 is 1.55 bits per heavy atom. The summed E-state index contributed by atoms with van der Waals surface area (Å²) in [5.74, 6) is 1.01. The quantitative estimate of drug-likeness (QED) is 0.569. The first-order valence-electron chi connectivity index (χ1n) is 5.07.